The van der Waals surface area contributed by atoms with E-state index in [4.69, 9.17) is 9.15 Å². The van der Waals surface area contributed by atoms with Gasteiger partial charge in [0.1, 0.15) is 16.8 Å². The number of thiophene rings is 1. The van der Waals surface area contributed by atoms with E-state index in [0.29, 0.717) is 45.5 Å². The van der Waals surface area contributed by atoms with Crippen molar-refractivity contribution >= 4 is 34.0 Å². The van der Waals surface area contributed by atoms with Crippen molar-refractivity contribution in [3.8, 4) is 23.3 Å². The number of nitrogens with zero attached hydrogens (tertiary/aromatic N) is 3. The number of nitrogens with one attached hydrogen (secondary N) is 1. The third kappa shape index (κ3) is 5.29. The van der Waals surface area contributed by atoms with Crippen LogP contribution in [0.25, 0.3) is 11.5 Å². The van der Waals surface area contributed by atoms with Crippen molar-refractivity contribution in [1.82, 2.24) is 10.2 Å². The maximum Gasteiger partial charge on any atom is 0.277 e. The summed E-state index contributed by atoms with van der Waals surface area (Å²) in [5.74, 6) is 1.48. The lowest BCUT2D eigenvalue weighted by Gasteiger charge is -2.33. The van der Waals surface area contributed by atoms with Crippen molar-refractivity contribution in [1.29, 1.82) is 5.26 Å². The molecule has 7 nitrogen and oxygen atoms in total. The maximum absolute atomic E-state index is 12.7. The number of nitriles is 1. The summed E-state index contributed by atoms with van der Waals surface area (Å²) in [5.41, 5.74) is 2.65. The number of amides is 1. The zero-order valence-electron chi connectivity index (χ0n) is 19.8. The lowest BCUT2D eigenvalue weighted by atomic mass is 9.72. The average molecular weight is 497 g/mol. The maximum atomic E-state index is 12.7. The molecule has 34 heavy (non-hydrogen) atoms. The molecule has 178 valence electrons. The summed E-state index contributed by atoms with van der Waals surface area (Å²) in [5, 5.41) is 21.8. The number of para-hydroxylation sites is 1. The molecule has 3 aromatic rings. The highest BCUT2D eigenvalue weighted by atomic mass is 32.2. The summed E-state index contributed by atoms with van der Waals surface area (Å²) < 4.78 is 11.4. The van der Waals surface area contributed by atoms with Gasteiger partial charge in [-0.3, -0.25) is 4.79 Å². The molecule has 0 spiro atoms. The van der Waals surface area contributed by atoms with Crippen LogP contribution in [0.5, 0.6) is 5.75 Å². The number of rotatable bonds is 7. The molecule has 1 N–H and O–H groups in total. The molecule has 0 radical (unpaired) electrons. The second-order valence-corrected chi connectivity index (χ2v) is 11.3. The van der Waals surface area contributed by atoms with Crippen molar-refractivity contribution in [2.45, 2.75) is 52.2 Å². The number of anilines is 1. The van der Waals surface area contributed by atoms with Gasteiger partial charge in [-0.15, -0.1) is 21.5 Å². The molecule has 0 saturated carbocycles. The Morgan fingerprint density at radius 2 is 2.15 bits per heavy atom. The average Bonchev–Trinajstić information content (AvgIpc) is 3.41. The molecule has 0 bridgehead atoms. The third-order valence-electron chi connectivity index (χ3n) is 6.01. The predicted molar refractivity (Wildman–Crippen MR) is 134 cm³/mol. The lowest BCUT2D eigenvalue weighted by molar-refractivity contribution is -0.113. The SMILES string of the molecule is CCOc1ccccc1-c1nnc(SCC(=O)Nc2sc3c(c2C#N)CC[C@@H](C(C)(C)C)C3)o1. The predicted octanol–water partition coefficient (Wildman–Crippen LogP) is 5.95. The Kier molecular flexibility index (Phi) is 7.29. The summed E-state index contributed by atoms with van der Waals surface area (Å²) in [6.07, 6.45) is 2.91. The Morgan fingerprint density at radius 3 is 2.88 bits per heavy atom. The fourth-order valence-corrected chi connectivity index (χ4v) is 5.98. The van der Waals surface area contributed by atoms with E-state index in [0.717, 1.165) is 36.6 Å². The highest BCUT2D eigenvalue weighted by Crippen LogP contribution is 2.44. The number of thioether (sulfide) groups is 1. The molecule has 0 saturated heterocycles. The molecule has 1 aromatic carbocycles. The highest BCUT2D eigenvalue weighted by molar-refractivity contribution is 7.99. The summed E-state index contributed by atoms with van der Waals surface area (Å²) in [6.45, 7) is 9.23. The van der Waals surface area contributed by atoms with Gasteiger partial charge >= 0.3 is 0 Å². The van der Waals surface area contributed by atoms with Gasteiger partial charge in [-0.25, -0.2) is 0 Å². The number of aromatic nitrogens is 2. The Labute approximate surface area is 207 Å². The molecule has 0 unspecified atom stereocenters. The minimum Gasteiger partial charge on any atom is -0.493 e. The van der Waals surface area contributed by atoms with Crippen molar-refractivity contribution in [3.63, 3.8) is 0 Å². The highest BCUT2D eigenvalue weighted by Gasteiger charge is 2.32. The molecule has 0 fully saturated rings. The summed E-state index contributed by atoms with van der Waals surface area (Å²) >= 11 is 2.70. The van der Waals surface area contributed by atoms with Crippen LogP contribution in [0.1, 0.15) is 50.1 Å². The summed E-state index contributed by atoms with van der Waals surface area (Å²) in [6, 6.07) is 9.77. The summed E-state index contributed by atoms with van der Waals surface area (Å²) in [7, 11) is 0. The normalized spacial score (nSPS) is 15.4. The Morgan fingerprint density at radius 1 is 1.35 bits per heavy atom. The van der Waals surface area contributed by atoms with Crippen LogP contribution in [0.3, 0.4) is 0 Å². The zero-order chi connectivity index (χ0) is 24.3. The molecular weight excluding hydrogens is 468 g/mol. The van der Waals surface area contributed by atoms with Gasteiger partial charge in [0.2, 0.25) is 5.91 Å². The quantitative estimate of drug-likeness (QED) is 0.403. The van der Waals surface area contributed by atoms with Crippen LogP contribution in [0, 0.1) is 22.7 Å². The fraction of sp³-hybridized carbons (Fsp3) is 0.440. The first kappa shape index (κ1) is 24.3. The van der Waals surface area contributed by atoms with E-state index in [2.05, 4.69) is 42.4 Å². The van der Waals surface area contributed by atoms with E-state index in [9.17, 15) is 10.1 Å². The van der Waals surface area contributed by atoms with E-state index in [1.807, 2.05) is 31.2 Å². The van der Waals surface area contributed by atoms with Crippen LogP contribution in [-0.2, 0) is 17.6 Å². The largest absolute Gasteiger partial charge is 0.493 e. The first-order valence-corrected chi connectivity index (χ1v) is 13.1. The standard InChI is InChI=1S/C25H28N4O3S2/c1-5-31-19-9-7-6-8-17(19)22-28-29-24(32-22)33-14-21(30)27-23-18(13-26)16-11-10-15(25(2,3)4)12-20(16)34-23/h6-9,15H,5,10-12,14H2,1-4H3,(H,27,30)/t15-/m1/s1. The second-order valence-electron chi connectivity index (χ2n) is 9.26. The Balaban J connectivity index is 1.40. The molecule has 1 amide bonds. The van der Waals surface area contributed by atoms with Crippen LogP contribution < -0.4 is 10.1 Å². The van der Waals surface area contributed by atoms with Crippen molar-refractivity contribution < 1.29 is 13.9 Å². The van der Waals surface area contributed by atoms with Gasteiger partial charge in [-0.2, -0.15) is 5.26 Å². The van der Waals surface area contributed by atoms with Crippen LogP contribution in [-0.4, -0.2) is 28.5 Å². The minimum absolute atomic E-state index is 0.104. The van der Waals surface area contributed by atoms with Gasteiger partial charge in [0, 0.05) is 4.88 Å². The number of ether oxygens (including phenoxy) is 1. The Hall–Kier alpha value is -2.83. The van der Waals surface area contributed by atoms with Gasteiger partial charge in [0.25, 0.3) is 11.1 Å². The molecule has 4 rings (SSSR count). The monoisotopic (exact) mass is 496 g/mol. The number of carbonyl (C=O) groups is 1. The first-order chi connectivity index (χ1) is 16.3. The molecule has 2 aromatic heterocycles. The van der Waals surface area contributed by atoms with Crippen LogP contribution >= 0.6 is 23.1 Å². The molecular formula is C25H28N4O3S2. The Bertz CT molecular complexity index is 1220. The molecule has 1 atom stereocenters. The van der Waals surface area contributed by atoms with Crippen LogP contribution in [0.4, 0.5) is 5.00 Å². The molecule has 1 aliphatic carbocycles. The topological polar surface area (TPSA) is 101 Å². The molecule has 2 heterocycles. The number of benzene rings is 1. The third-order valence-corrected chi connectivity index (χ3v) is 7.99. The van der Waals surface area contributed by atoms with Gasteiger partial charge in [0.15, 0.2) is 0 Å². The zero-order valence-corrected chi connectivity index (χ0v) is 21.4. The van der Waals surface area contributed by atoms with Crippen LogP contribution in [0.2, 0.25) is 0 Å². The molecule has 0 aliphatic heterocycles. The number of hydrogen-bond acceptors (Lipinski definition) is 8. The van der Waals surface area contributed by atoms with E-state index in [1.54, 1.807) is 0 Å². The van der Waals surface area contributed by atoms with Gasteiger partial charge in [-0.05, 0) is 55.2 Å². The van der Waals surface area contributed by atoms with Crippen molar-refractivity contribution in [3.05, 3.63) is 40.3 Å². The van der Waals surface area contributed by atoms with E-state index < -0.39 is 0 Å². The van der Waals surface area contributed by atoms with Gasteiger partial charge in [-0.1, -0.05) is 44.7 Å². The fourth-order valence-electron chi connectivity index (χ4n) is 4.12. The number of hydrogen-bond donors (Lipinski definition) is 1. The number of fused-ring (bicyclic) bond motifs is 1. The van der Waals surface area contributed by atoms with E-state index in [-0.39, 0.29) is 17.1 Å². The van der Waals surface area contributed by atoms with Crippen molar-refractivity contribution in [2.75, 3.05) is 17.7 Å². The van der Waals surface area contributed by atoms with Crippen LogP contribution in [0.15, 0.2) is 33.9 Å². The molecule has 9 heteroatoms. The van der Waals surface area contributed by atoms with Gasteiger partial charge < -0.3 is 14.5 Å². The lowest BCUT2D eigenvalue weighted by Crippen LogP contribution is -2.26. The molecule has 1 aliphatic rings. The minimum atomic E-state index is -0.207. The van der Waals surface area contributed by atoms with Crippen molar-refractivity contribution in [2.24, 2.45) is 11.3 Å². The summed E-state index contributed by atoms with van der Waals surface area (Å²) in [4.78, 5) is 13.9. The van der Waals surface area contributed by atoms with E-state index >= 15 is 0 Å². The van der Waals surface area contributed by atoms with Gasteiger partial charge in [0.05, 0.1) is 23.5 Å². The second kappa shape index (κ2) is 10.2. The first-order valence-electron chi connectivity index (χ1n) is 11.3. The van der Waals surface area contributed by atoms with E-state index in [1.165, 1.54) is 16.2 Å². The smallest absolute Gasteiger partial charge is 0.277 e. The number of carbonyl (C=O) groups excluding carboxylic acids is 1.